The zero-order valence-electron chi connectivity index (χ0n) is 9.35. The van der Waals surface area contributed by atoms with Crippen LogP contribution >= 0.6 is 0 Å². The van der Waals surface area contributed by atoms with Crippen molar-refractivity contribution in [1.82, 2.24) is 0 Å². The third-order valence-corrected chi connectivity index (χ3v) is 3.53. The lowest BCUT2D eigenvalue weighted by molar-refractivity contribution is -0.139. The van der Waals surface area contributed by atoms with Crippen molar-refractivity contribution in [2.24, 2.45) is 0 Å². The molecule has 16 heavy (non-hydrogen) atoms. The maximum absolute atomic E-state index is 11.6. The minimum atomic E-state index is -0.0658. The van der Waals surface area contributed by atoms with Gasteiger partial charge in [-0.05, 0) is 11.6 Å². The van der Waals surface area contributed by atoms with E-state index in [4.69, 9.17) is 4.74 Å². The molecule has 84 valence electrons. The molecular weight excluding hydrogens is 202 g/mol. The van der Waals surface area contributed by atoms with Crippen molar-refractivity contribution in [1.29, 1.82) is 0 Å². The zero-order chi connectivity index (χ0) is 11.1. The van der Waals surface area contributed by atoms with Crippen LogP contribution in [-0.4, -0.2) is 25.2 Å². The summed E-state index contributed by atoms with van der Waals surface area (Å²) in [5.41, 5.74) is 2.56. The summed E-state index contributed by atoms with van der Waals surface area (Å²) >= 11 is 0. The molecule has 1 aromatic carbocycles. The monoisotopic (exact) mass is 217 g/mol. The molecule has 0 aliphatic carbocycles. The molecule has 0 spiro atoms. The summed E-state index contributed by atoms with van der Waals surface area (Å²) in [4.78, 5) is 13.8. The first-order valence-electron chi connectivity index (χ1n) is 5.79. The van der Waals surface area contributed by atoms with Crippen molar-refractivity contribution in [2.75, 3.05) is 18.1 Å². The fraction of sp³-hybridized carbons (Fsp3) is 0.462. The SMILES string of the molecule is C[C@@H]1CN([C@@H]2CCOC2=O)c2ccccc21. The molecule has 2 atom stereocenters. The minimum absolute atomic E-state index is 0.0638. The fourth-order valence-corrected chi connectivity index (χ4v) is 2.72. The second-order valence-corrected chi connectivity index (χ2v) is 4.58. The molecule has 2 aliphatic rings. The Balaban J connectivity index is 1.97. The van der Waals surface area contributed by atoms with Gasteiger partial charge in [0.25, 0.3) is 0 Å². The van der Waals surface area contributed by atoms with E-state index >= 15 is 0 Å². The lowest BCUT2D eigenvalue weighted by Gasteiger charge is -2.23. The van der Waals surface area contributed by atoms with E-state index in [1.54, 1.807) is 0 Å². The number of hydrogen-bond donors (Lipinski definition) is 0. The minimum Gasteiger partial charge on any atom is -0.464 e. The highest BCUT2D eigenvalue weighted by molar-refractivity contribution is 5.83. The zero-order valence-corrected chi connectivity index (χ0v) is 9.35. The summed E-state index contributed by atoms with van der Waals surface area (Å²) in [5, 5.41) is 0. The van der Waals surface area contributed by atoms with Crippen LogP contribution in [-0.2, 0) is 9.53 Å². The van der Waals surface area contributed by atoms with Crippen LogP contribution in [0.4, 0.5) is 5.69 Å². The molecule has 0 radical (unpaired) electrons. The highest BCUT2D eigenvalue weighted by atomic mass is 16.5. The van der Waals surface area contributed by atoms with E-state index in [2.05, 4.69) is 30.0 Å². The van der Waals surface area contributed by atoms with Crippen molar-refractivity contribution in [3.8, 4) is 0 Å². The number of cyclic esters (lactones) is 1. The average molecular weight is 217 g/mol. The van der Waals surface area contributed by atoms with Gasteiger partial charge in [-0.2, -0.15) is 0 Å². The molecule has 0 saturated carbocycles. The van der Waals surface area contributed by atoms with Crippen molar-refractivity contribution in [3.05, 3.63) is 29.8 Å². The third kappa shape index (κ3) is 1.31. The quantitative estimate of drug-likeness (QED) is 0.673. The molecule has 3 rings (SSSR count). The first-order valence-corrected chi connectivity index (χ1v) is 5.79. The van der Waals surface area contributed by atoms with Gasteiger partial charge >= 0.3 is 5.97 Å². The molecule has 0 amide bonds. The van der Waals surface area contributed by atoms with Crippen LogP contribution in [0.1, 0.15) is 24.8 Å². The molecule has 0 N–H and O–H groups in total. The number of benzene rings is 1. The Morgan fingerprint density at radius 1 is 1.38 bits per heavy atom. The number of carbonyl (C=O) groups excluding carboxylic acids is 1. The maximum atomic E-state index is 11.6. The van der Waals surface area contributed by atoms with Gasteiger partial charge < -0.3 is 9.64 Å². The van der Waals surface area contributed by atoms with Crippen LogP contribution in [0, 0.1) is 0 Å². The topological polar surface area (TPSA) is 29.5 Å². The fourth-order valence-electron chi connectivity index (χ4n) is 2.72. The molecule has 2 aliphatic heterocycles. The molecule has 0 bridgehead atoms. The molecular formula is C13H15NO2. The Morgan fingerprint density at radius 2 is 2.19 bits per heavy atom. The number of hydrogen-bond acceptors (Lipinski definition) is 3. The highest BCUT2D eigenvalue weighted by Gasteiger charge is 2.37. The van der Waals surface area contributed by atoms with Crippen molar-refractivity contribution >= 4 is 11.7 Å². The first kappa shape index (κ1) is 9.70. The molecule has 3 nitrogen and oxygen atoms in total. The van der Waals surface area contributed by atoms with E-state index in [9.17, 15) is 4.79 Å². The van der Waals surface area contributed by atoms with Crippen LogP contribution in [0.3, 0.4) is 0 Å². The summed E-state index contributed by atoms with van der Waals surface area (Å²) in [6.45, 7) is 3.70. The van der Waals surface area contributed by atoms with Crippen molar-refractivity contribution < 1.29 is 9.53 Å². The van der Waals surface area contributed by atoms with Crippen molar-refractivity contribution in [3.63, 3.8) is 0 Å². The number of para-hydroxylation sites is 1. The summed E-state index contributed by atoms with van der Waals surface area (Å²) in [7, 11) is 0. The Kier molecular flexibility index (Phi) is 2.13. The summed E-state index contributed by atoms with van der Waals surface area (Å²) in [5.74, 6) is 0.438. The number of esters is 1. The summed E-state index contributed by atoms with van der Waals surface area (Å²) in [6.07, 6.45) is 0.819. The van der Waals surface area contributed by atoms with E-state index in [0.29, 0.717) is 12.5 Å². The first-order chi connectivity index (χ1) is 7.77. The number of anilines is 1. The van der Waals surface area contributed by atoms with Crippen LogP contribution in [0.2, 0.25) is 0 Å². The Morgan fingerprint density at radius 3 is 2.94 bits per heavy atom. The van der Waals surface area contributed by atoms with Crippen LogP contribution in [0.15, 0.2) is 24.3 Å². The van der Waals surface area contributed by atoms with E-state index in [-0.39, 0.29) is 12.0 Å². The molecule has 3 heteroatoms. The van der Waals surface area contributed by atoms with Gasteiger partial charge in [-0.15, -0.1) is 0 Å². The number of fused-ring (bicyclic) bond motifs is 1. The predicted molar refractivity (Wildman–Crippen MR) is 61.6 cm³/mol. The number of nitrogens with zero attached hydrogens (tertiary/aromatic N) is 1. The average Bonchev–Trinajstić information content (AvgIpc) is 2.84. The molecule has 1 saturated heterocycles. The molecule has 1 aromatic rings. The van der Waals surface area contributed by atoms with Gasteiger partial charge in [-0.1, -0.05) is 25.1 Å². The Labute approximate surface area is 95.0 Å². The molecule has 2 heterocycles. The number of rotatable bonds is 1. The van der Waals surface area contributed by atoms with Gasteiger partial charge in [0.05, 0.1) is 6.61 Å². The second-order valence-electron chi connectivity index (χ2n) is 4.58. The van der Waals surface area contributed by atoms with E-state index in [1.807, 2.05) is 6.07 Å². The molecule has 1 fully saturated rings. The predicted octanol–water partition coefficient (Wildman–Crippen LogP) is 1.93. The van der Waals surface area contributed by atoms with Gasteiger partial charge in [0.15, 0.2) is 0 Å². The van der Waals surface area contributed by atoms with Gasteiger partial charge in [0.1, 0.15) is 6.04 Å². The van der Waals surface area contributed by atoms with Gasteiger partial charge in [0, 0.05) is 24.6 Å². The van der Waals surface area contributed by atoms with Gasteiger partial charge in [-0.25, -0.2) is 4.79 Å². The molecule has 0 aromatic heterocycles. The van der Waals surface area contributed by atoms with Gasteiger partial charge in [-0.3, -0.25) is 0 Å². The van der Waals surface area contributed by atoms with E-state index in [0.717, 1.165) is 13.0 Å². The summed E-state index contributed by atoms with van der Waals surface area (Å²) in [6, 6.07) is 8.28. The van der Waals surface area contributed by atoms with Gasteiger partial charge in [0.2, 0.25) is 0 Å². The Hall–Kier alpha value is -1.51. The van der Waals surface area contributed by atoms with Crippen LogP contribution in [0.5, 0.6) is 0 Å². The smallest absolute Gasteiger partial charge is 0.328 e. The molecule has 0 unspecified atom stereocenters. The Bertz CT molecular complexity index is 430. The highest BCUT2D eigenvalue weighted by Crippen LogP contribution is 2.38. The standard InChI is InChI=1S/C13H15NO2/c1-9-8-14(12-6-7-16-13(12)15)11-5-3-2-4-10(9)11/h2-5,9,12H,6-8H2,1H3/t9-,12-/m1/s1. The lowest BCUT2D eigenvalue weighted by Crippen LogP contribution is -2.37. The normalized spacial score (nSPS) is 28.1. The number of carbonyl (C=O) groups is 1. The number of ether oxygens (including phenoxy) is 1. The van der Waals surface area contributed by atoms with E-state index in [1.165, 1.54) is 11.3 Å². The third-order valence-electron chi connectivity index (χ3n) is 3.53. The largest absolute Gasteiger partial charge is 0.464 e. The van der Waals surface area contributed by atoms with Crippen LogP contribution in [0.25, 0.3) is 0 Å². The lowest BCUT2D eigenvalue weighted by atomic mass is 10.0. The maximum Gasteiger partial charge on any atom is 0.328 e. The van der Waals surface area contributed by atoms with E-state index < -0.39 is 0 Å². The van der Waals surface area contributed by atoms with Crippen molar-refractivity contribution in [2.45, 2.75) is 25.3 Å². The second kappa shape index (κ2) is 3.51. The summed E-state index contributed by atoms with van der Waals surface area (Å²) < 4.78 is 5.05. The van der Waals surface area contributed by atoms with Crippen LogP contribution < -0.4 is 4.90 Å².